The van der Waals surface area contributed by atoms with E-state index in [1.165, 1.54) is 0 Å². The summed E-state index contributed by atoms with van der Waals surface area (Å²) in [4.78, 5) is 53.1. The molecule has 2 aliphatic carbocycles. The molecule has 1 aliphatic heterocycles. The topological polar surface area (TPSA) is 105 Å². The third-order valence-electron chi connectivity index (χ3n) is 7.70. The number of nitrogens with zero attached hydrogens (tertiary/aromatic N) is 2. The van der Waals surface area contributed by atoms with Crippen LogP contribution in [0.3, 0.4) is 0 Å². The van der Waals surface area contributed by atoms with Gasteiger partial charge in [-0.1, -0.05) is 27.7 Å². The van der Waals surface area contributed by atoms with Gasteiger partial charge in [0.1, 0.15) is 12.4 Å². The van der Waals surface area contributed by atoms with Crippen molar-refractivity contribution in [3.8, 4) is 11.8 Å². The Hall–Kier alpha value is -2.60. The largest absolute Gasteiger partial charge is 0.464 e. The molecule has 3 rings (SSSR count). The van der Waals surface area contributed by atoms with Crippen molar-refractivity contribution >= 4 is 23.8 Å². The number of carbonyl (C=O) groups excluding carboxylic acids is 4. The molecule has 0 aromatic rings. The van der Waals surface area contributed by atoms with E-state index in [1.807, 2.05) is 18.7 Å². The van der Waals surface area contributed by atoms with Crippen molar-refractivity contribution < 1.29 is 28.7 Å². The van der Waals surface area contributed by atoms with E-state index in [0.717, 1.165) is 25.7 Å². The van der Waals surface area contributed by atoms with Crippen molar-refractivity contribution in [3.63, 3.8) is 0 Å². The molecule has 9 nitrogen and oxygen atoms in total. The molecule has 2 fully saturated rings. The molecule has 0 bridgehead atoms. The quantitative estimate of drug-likeness (QED) is 0.332. The lowest BCUT2D eigenvalue weighted by Crippen LogP contribution is -2.58. The van der Waals surface area contributed by atoms with E-state index in [2.05, 4.69) is 17.2 Å². The zero-order chi connectivity index (χ0) is 26.9. The maximum Gasteiger partial charge on any atom is 0.407 e. The molecule has 2 amide bonds. The van der Waals surface area contributed by atoms with Crippen molar-refractivity contribution in [3.05, 3.63) is 0 Å². The fourth-order valence-corrected chi connectivity index (χ4v) is 5.15. The summed E-state index contributed by atoms with van der Waals surface area (Å²) in [6, 6.07) is -0.248. The van der Waals surface area contributed by atoms with Gasteiger partial charge in [0.15, 0.2) is 0 Å². The second kappa shape index (κ2) is 13.8. The number of hydrogen-bond acceptors (Lipinski definition) is 7. The number of ether oxygens (including phenoxy) is 2. The Morgan fingerprint density at radius 2 is 1.59 bits per heavy atom. The molecule has 0 aromatic heterocycles. The number of nitrogens with one attached hydrogen (secondary N) is 1. The van der Waals surface area contributed by atoms with E-state index in [0.29, 0.717) is 44.0 Å². The SMILES string of the molecule is CC(C)C(=O)CN1CCN(C(=O)CCNC(=O)OC[C@@H]2[C@@H]3CCC#CCC[C@@H]32)CC1COC(=O)C(C)C. The molecule has 0 radical (unpaired) electrons. The summed E-state index contributed by atoms with van der Waals surface area (Å²) < 4.78 is 10.9. The van der Waals surface area contributed by atoms with Gasteiger partial charge in [-0.05, 0) is 30.6 Å². The second-order valence-electron chi connectivity index (χ2n) is 11.1. The molecule has 3 aliphatic rings. The Morgan fingerprint density at radius 1 is 0.919 bits per heavy atom. The number of hydrogen-bond donors (Lipinski definition) is 1. The van der Waals surface area contributed by atoms with Crippen LogP contribution in [0, 0.1) is 41.4 Å². The second-order valence-corrected chi connectivity index (χ2v) is 11.1. The highest BCUT2D eigenvalue weighted by atomic mass is 16.5. The first-order chi connectivity index (χ1) is 17.7. The molecule has 4 atom stereocenters. The summed E-state index contributed by atoms with van der Waals surface area (Å²) in [5.41, 5.74) is 0. The van der Waals surface area contributed by atoms with E-state index in [-0.39, 0.29) is 61.7 Å². The van der Waals surface area contributed by atoms with Crippen LogP contribution in [0.4, 0.5) is 4.79 Å². The van der Waals surface area contributed by atoms with Crippen LogP contribution < -0.4 is 5.32 Å². The van der Waals surface area contributed by atoms with Gasteiger partial charge in [-0.25, -0.2) is 4.79 Å². The van der Waals surface area contributed by atoms with Gasteiger partial charge >= 0.3 is 12.1 Å². The molecular formula is C28H43N3O6. The Balaban J connectivity index is 1.40. The van der Waals surface area contributed by atoms with Crippen molar-refractivity contribution in [1.82, 2.24) is 15.1 Å². The van der Waals surface area contributed by atoms with Crippen molar-refractivity contribution in [1.29, 1.82) is 0 Å². The van der Waals surface area contributed by atoms with Crippen LogP contribution >= 0.6 is 0 Å². The molecule has 9 heteroatoms. The van der Waals surface area contributed by atoms with E-state index >= 15 is 0 Å². The lowest BCUT2D eigenvalue weighted by Gasteiger charge is -2.41. The minimum atomic E-state index is -0.487. The third kappa shape index (κ3) is 8.74. The van der Waals surface area contributed by atoms with Crippen LogP contribution in [-0.4, -0.2) is 85.5 Å². The smallest absolute Gasteiger partial charge is 0.407 e. The Labute approximate surface area is 221 Å². The average Bonchev–Trinajstić information content (AvgIpc) is 3.50. The van der Waals surface area contributed by atoms with Gasteiger partial charge in [0.05, 0.1) is 25.1 Å². The first kappa shape index (κ1) is 29.0. The number of carbonyl (C=O) groups is 4. The Bertz CT molecular complexity index is 874. The minimum Gasteiger partial charge on any atom is -0.464 e. The number of alkyl carbamates (subject to hydrolysis) is 1. The van der Waals surface area contributed by atoms with Crippen LogP contribution in [0.2, 0.25) is 0 Å². The van der Waals surface area contributed by atoms with Gasteiger partial charge in [0, 0.05) is 51.4 Å². The standard InChI is InChI=1S/C28H43N3O6/c1-19(2)25(32)16-30-13-14-31(15-21(30)17-36-27(34)20(3)4)26(33)11-12-29-28(35)37-18-24-22-9-7-5-6-8-10-23(22)24/h19-24H,7-18H2,1-4H3,(H,29,35)/t21?,22-,23+,24-. The highest BCUT2D eigenvalue weighted by Gasteiger charge is 2.49. The molecule has 1 heterocycles. The van der Waals surface area contributed by atoms with E-state index in [4.69, 9.17) is 9.47 Å². The fraction of sp³-hybridized carbons (Fsp3) is 0.786. The highest BCUT2D eigenvalue weighted by molar-refractivity contribution is 5.82. The third-order valence-corrected chi connectivity index (χ3v) is 7.70. The van der Waals surface area contributed by atoms with Crippen LogP contribution in [0.15, 0.2) is 0 Å². The molecule has 206 valence electrons. The number of amides is 2. The summed E-state index contributed by atoms with van der Waals surface area (Å²) >= 11 is 0. The molecule has 1 saturated carbocycles. The Kier molecular flexibility index (Phi) is 10.8. The van der Waals surface area contributed by atoms with Crippen LogP contribution in [0.5, 0.6) is 0 Å². The zero-order valence-electron chi connectivity index (χ0n) is 22.8. The zero-order valence-corrected chi connectivity index (χ0v) is 22.8. The summed E-state index contributed by atoms with van der Waals surface area (Å²) in [5.74, 6) is 7.43. The summed E-state index contributed by atoms with van der Waals surface area (Å²) in [5, 5.41) is 2.70. The molecule has 1 saturated heterocycles. The van der Waals surface area contributed by atoms with E-state index < -0.39 is 6.09 Å². The van der Waals surface area contributed by atoms with Gasteiger partial charge in [-0.2, -0.15) is 0 Å². The van der Waals surface area contributed by atoms with E-state index in [9.17, 15) is 19.2 Å². The van der Waals surface area contributed by atoms with Crippen LogP contribution in [0.1, 0.15) is 59.8 Å². The average molecular weight is 518 g/mol. The number of fused-ring (bicyclic) bond motifs is 1. The normalized spacial score (nSPS) is 25.3. The first-order valence-corrected chi connectivity index (χ1v) is 13.7. The lowest BCUT2D eigenvalue weighted by molar-refractivity contribution is -0.150. The van der Waals surface area contributed by atoms with Gasteiger partial charge in [0.25, 0.3) is 0 Å². The highest BCUT2D eigenvalue weighted by Crippen LogP contribution is 2.52. The van der Waals surface area contributed by atoms with Crippen LogP contribution in [-0.2, 0) is 23.9 Å². The number of rotatable bonds is 11. The number of Topliss-reactive ketones (excluding diaryl/α,β-unsaturated/α-hetero) is 1. The number of piperazine rings is 1. The van der Waals surface area contributed by atoms with E-state index in [1.54, 1.807) is 18.7 Å². The predicted molar refractivity (Wildman–Crippen MR) is 138 cm³/mol. The summed E-state index contributed by atoms with van der Waals surface area (Å²) in [6.07, 6.45) is 3.69. The fourth-order valence-electron chi connectivity index (χ4n) is 5.15. The summed E-state index contributed by atoms with van der Waals surface area (Å²) in [6.45, 7) is 9.67. The maximum atomic E-state index is 12.8. The van der Waals surface area contributed by atoms with Gasteiger partial charge in [-0.15, -0.1) is 11.8 Å². The van der Waals surface area contributed by atoms with Crippen molar-refractivity contribution in [2.45, 2.75) is 65.8 Å². The number of ketones is 1. The van der Waals surface area contributed by atoms with Gasteiger partial charge < -0.3 is 19.7 Å². The first-order valence-electron chi connectivity index (χ1n) is 13.7. The Morgan fingerprint density at radius 3 is 2.22 bits per heavy atom. The molecule has 1 unspecified atom stereocenters. The van der Waals surface area contributed by atoms with Gasteiger partial charge in [0.2, 0.25) is 5.91 Å². The summed E-state index contributed by atoms with van der Waals surface area (Å²) in [7, 11) is 0. The maximum absolute atomic E-state index is 12.8. The molecule has 1 N–H and O–H groups in total. The monoisotopic (exact) mass is 517 g/mol. The van der Waals surface area contributed by atoms with Crippen LogP contribution in [0.25, 0.3) is 0 Å². The van der Waals surface area contributed by atoms with Crippen molar-refractivity contribution in [2.75, 3.05) is 45.9 Å². The molecule has 0 spiro atoms. The molecular weight excluding hydrogens is 474 g/mol. The minimum absolute atomic E-state index is 0.0867. The van der Waals surface area contributed by atoms with Gasteiger partial charge in [-0.3, -0.25) is 19.3 Å². The molecule has 0 aromatic carbocycles. The number of esters is 1. The molecule has 37 heavy (non-hydrogen) atoms. The lowest BCUT2D eigenvalue weighted by atomic mass is 10.1. The predicted octanol–water partition coefficient (Wildman–Crippen LogP) is 2.48. The van der Waals surface area contributed by atoms with Crippen molar-refractivity contribution in [2.24, 2.45) is 29.6 Å².